The summed E-state index contributed by atoms with van der Waals surface area (Å²) in [5.41, 5.74) is 0.738. The quantitative estimate of drug-likeness (QED) is 0.902. The van der Waals surface area contributed by atoms with Crippen LogP contribution in [-0.2, 0) is 9.53 Å². The number of nitrogens with one attached hydrogen (secondary N) is 1. The molecule has 1 atom stereocenters. The highest BCUT2D eigenvalue weighted by Gasteiger charge is 2.32. The van der Waals surface area contributed by atoms with E-state index in [0.717, 1.165) is 18.7 Å². The molecule has 1 N–H and O–H groups in total. The van der Waals surface area contributed by atoms with Gasteiger partial charge >= 0.3 is 6.61 Å². The lowest BCUT2D eigenvalue weighted by Crippen LogP contribution is -2.54. The molecule has 23 heavy (non-hydrogen) atoms. The van der Waals surface area contributed by atoms with Crippen LogP contribution in [0.2, 0.25) is 0 Å². The summed E-state index contributed by atoms with van der Waals surface area (Å²) in [6.07, 6.45) is -0.313. The summed E-state index contributed by atoms with van der Waals surface area (Å²) in [7, 11) is 0. The summed E-state index contributed by atoms with van der Waals surface area (Å²) in [5, 5.41) is 3.08. The second-order valence-corrected chi connectivity index (χ2v) is 5.45. The molecule has 2 saturated heterocycles. The predicted molar refractivity (Wildman–Crippen MR) is 82.0 cm³/mol. The van der Waals surface area contributed by atoms with E-state index in [1.54, 1.807) is 17.0 Å². The van der Waals surface area contributed by atoms with Gasteiger partial charge in [-0.05, 0) is 17.7 Å². The minimum Gasteiger partial charge on any atom is -0.435 e. The minimum absolute atomic E-state index is 0. The molecule has 2 aliphatic heterocycles. The Labute approximate surface area is 139 Å². The highest BCUT2D eigenvalue weighted by atomic mass is 35.5. The van der Waals surface area contributed by atoms with Gasteiger partial charge in [0.05, 0.1) is 19.1 Å². The fourth-order valence-electron chi connectivity index (χ4n) is 2.66. The Kier molecular flexibility index (Phi) is 6.15. The zero-order valence-corrected chi connectivity index (χ0v) is 13.2. The first-order chi connectivity index (χ1) is 10.6. The third-order valence-electron chi connectivity index (χ3n) is 3.96. The zero-order valence-electron chi connectivity index (χ0n) is 12.4. The third-order valence-corrected chi connectivity index (χ3v) is 3.96. The average molecular weight is 349 g/mol. The van der Waals surface area contributed by atoms with Gasteiger partial charge in [0.15, 0.2) is 0 Å². The molecule has 2 aliphatic rings. The van der Waals surface area contributed by atoms with Gasteiger partial charge < -0.3 is 19.7 Å². The minimum atomic E-state index is -2.85. The van der Waals surface area contributed by atoms with Crippen molar-refractivity contribution in [3.63, 3.8) is 0 Å². The van der Waals surface area contributed by atoms with Crippen molar-refractivity contribution in [2.75, 3.05) is 32.8 Å². The number of carbonyl (C=O) groups is 1. The Bertz CT molecular complexity index is 543. The second-order valence-electron chi connectivity index (χ2n) is 5.45. The van der Waals surface area contributed by atoms with Crippen molar-refractivity contribution in [1.29, 1.82) is 0 Å². The van der Waals surface area contributed by atoms with Crippen molar-refractivity contribution >= 4 is 18.3 Å². The predicted octanol–water partition coefficient (Wildman–Crippen LogP) is 1.83. The highest BCUT2D eigenvalue weighted by molar-refractivity contribution is 5.85. The summed E-state index contributed by atoms with van der Waals surface area (Å²) in [4.78, 5) is 14.1. The molecule has 0 radical (unpaired) electrons. The first kappa shape index (κ1) is 17.9. The Morgan fingerprint density at radius 3 is 2.83 bits per heavy atom. The van der Waals surface area contributed by atoms with Crippen molar-refractivity contribution < 1.29 is 23.0 Å². The number of halogens is 3. The van der Waals surface area contributed by atoms with Crippen molar-refractivity contribution in [3.8, 4) is 5.75 Å². The van der Waals surface area contributed by atoms with E-state index in [-0.39, 0.29) is 36.1 Å². The van der Waals surface area contributed by atoms with E-state index in [9.17, 15) is 13.6 Å². The average Bonchev–Trinajstić information content (AvgIpc) is 2.45. The maximum atomic E-state index is 12.3. The number of nitrogens with zero attached hydrogens (tertiary/aromatic N) is 1. The molecule has 0 saturated carbocycles. The van der Waals surface area contributed by atoms with E-state index in [4.69, 9.17) is 4.74 Å². The lowest BCUT2D eigenvalue weighted by atomic mass is 10.0. The summed E-state index contributed by atoms with van der Waals surface area (Å²) in [5.74, 6) is 0.280. The largest absolute Gasteiger partial charge is 0.435 e. The molecular weight excluding hydrogens is 330 g/mol. The lowest BCUT2D eigenvalue weighted by molar-refractivity contribution is -0.144. The van der Waals surface area contributed by atoms with Gasteiger partial charge in [-0.25, -0.2) is 0 Å². The van der Waals surface area contributed by atoms with E-state index in [1.165, 1.54) is 12.1 Å². The van der Waals surface area contributed by atoms with E-state index in [0.29, 0.717) is 19.7 Å². The van der Waals surface area contributed by atoms with Crippen molar-refractivity contribution in [3.05, 3.63) is 29.8 Å². The molecule has 1 aromatic rings. The van der Waals surface area contributed by atoms with Crippen LogP contribution < -0.4 is 10.1 Å². The molecule has 0 bridgehead atoms. The van der Waals surface area contributed by atoms with Crippen LogP contribution >= 0.6 is 12.4 Å². The molecular formula is C15H19ClF2N2O3. The summed E-state index contributed by atoms with van der Waals surface area (Å²) < 4.78 is 34.7. The molecule has 0 aliphatic carbocycles. The van der Waals surface area contributed by atoms with Crippen LogP contribution in [0, 0.1) is 5.92 Å². The van der Waals surface area contributed by atoms with Crippen LogP contribution in [0.4, 0.5) is 8.78 Å². The van der Waals surface area contributed by atoms with Crippen LogP contribution in [0.15, 0.2) is 24.3 Å². The number of morpholine rings is 1. The SMILES string of the molecule is Cl.O=C(C1CNC1)N1CCOC(c2cccc(OC(F)F)c2)C1. The lowest BCUT2D eigenvalue weighted by Gasteiger charge is -2.37. The van der Waals surface area contributed by atoms with Crippen LogP contribution in [-0.4, -0.2) is 50.2 Å². The van der Waals surface area contributed by atoms with Gasteiger partial charge in [0.1, 0.15) is 11.9 Å². The molecule has 1 aromatic carbocycles. The molecule has 1 unspecified atom stereocenters. The number of carbonyl (C=O) groups excluding carboxylic acids is 1. The number of hydrogen-bond donors (Lipinski definition) is 1. The van der Waals surface area contributed by atoms with Crippen molar-refractivity contribution in [2.45, 2.75) is 12.7 Å². The molecule has 128 valence electrons. The third kappa shape index (κ3) is 4.31. The van der Waals surface area contributed by atoms with Crippen molar-refractivity contribution in [1.82, 2.24) is 10.2 Å². The Hall–Kier alpha value is -1.44. The standard InChI is InChI=1S/C15H18F2N2O3.ClH/c16-15(17)22-12-3-1-2-10(6-12)13-9-19(4-5-21-13)14(20)11-7-18-8-11;/h1-3,6,11,13,15,18H,4-5,7-9H2;1H. The van der Waals surface area contributed by atoms with Crippen molar-refractivity contribution in [2.24, 2.45) is 5.92 Å². The molecule has 1 amide bonds. The first-order valence-corrected chi connectivity index (χ1v) is 7.29. The summed E-state index contributed by atoms with van der Waals surface area (Å²) in [6.45, 7) is 0.0341. The fourth-order valence-corrected chi connectivity index (χ4v) is 2.66. The van der Waals surface area contributed by atoms with Crippen LogP contribution in [0.3, 0.4) is 0 Å². The molecule has 0 spiro atoms. The van der Waals surface area contributed by atoms with E-state index >= 15 is 0 Å². The smallest absolute Gasteiger partial charge is 0.387 e. The van der Waals surface area contributed by atoms with Crippen LogP contribution in [0.25, 0.3) is 0 Å². The van der Waals surface area contributed by atoms with E-state index < -0.39 is 6.61 Å². The normalized spacial score (nSPS) is 21.5. The second kappa shape index (κ2) is 7.90. The highest BCUT2D eigenvalue weighted by Crippen LogP contribution is 2.27. The number of ether oxygens (including phenoxy) is 2. The maximum absolute atomic E-state index is 12.3. The number of hydrogen-bond acceptors (Lipinski definition) is 4. The summed E-state index contributed by atoms with van der Waals surface area (Å²) in [6, 6.07) is 6.45. The topological polar surface area (TPSA) is 50.8 Å². The van der Waals surface area contributed by atoms with Crippen LogP contribution in [0.5, 0.6) is 5.75 Å². The van der Waals surface area contributed by atoms with Gasteiger partial charge in [-0.1, -0.05) is 12.1 Å². The molecule has 2 fully saturated rings. The number of rotatable bonds is 4. The van der Waals surface area contributed by atoms with Gasteiger partial charge in [0.2, 0.25) is 5.91 Å². The van der Waals surface area contributed by atoms with Crippen LogP contribution in [0.1, 0.15) is 11.7 Å². The Balaban J connectivity index is 0.00000192. The van der Waals surface area contributed by atoms with Gasteiger partial charge in [-0.2, -0.15) is 8.78 Å². The molecule has 3 rings (SSSR count). The molecule has 5 nitrogen and oxygen atoms in total. The molecule has 0 aromatic heterocycles. The van der Waals surface area contributed by atoms with Gasteiger partial charge in [0, 0.05) is 19.6 Å². The first-order valence-electron chi connectivity index (χ1n) is 7.29. The number of benzene rings is 1. The van der Waals surface area contributed by atoms with Gasteiger partial charge in [-0.15, -0.1) is 12.4 Å². The maximum Gasteiger partial charge on any atom is 0.387 e. The molecule has 8 heteroatoms. The number of alkyl halides is 2. The monoisotopic (exact) mass is 348 g/mol. The Morgan fingerprint density at radius 1 is 1.39 bits per heavy atom. The number of amides is 1. The fraction of sp³-hybridized carbons (Fsp3) is 0.533. The van der Waals surface area contributed by atoms with Gasteiger partial charge in [0.25, 0.3) is 0 Å². The van der Waals surface area contributed by atoms with E-state index in [1.807, 2.05) is 0 Å². The summed E-state index contributed by atoms with van der Waals surface area (Å²) >= 11 is 0. The Morgan fingerprint density at radius 2 is 2.17 bits per heavy atom. The zero-order chi connectivity index (χ0) is 15.5. The molecule has 2 heterocycles. The van der Waals surface area contributed by atoms with E-state index in [2.05, 4.69) is 10.1 Å². The van der Waals surface area contributed by atoms with Gasteiger partial charge in [-0.3, -0.25) is 4.79 Å².